The summed E-state index contributed by atoms with van der Waals surface area (Å²) in [5, 5.41) is 5.08. The molecule has 0 bridgehead atoms. The van der Waals surface area contributed by atoms with Crippen LogP contribution in [0.4, 0.5) is 15.3 Å². The second kappa shape index (κ2) is 7.22. The standard InChI is InChI=1S/C16H16N4O3S/c21-14-11-24-16(23)20(14)10-7-17-15(22)18-12-3-5-13(6-4-12)19-8-1-2-9-19/h1-6,8-9H,7,10-11H2,(H2,17,18,22). The van der Waals surface area contributed by atoms with Crippen LogP contribution in [0, 0.1) is 0 Å². The maximum absolute atomic E-state index is 11.8. The van der Waals surface area contributed by atoms with Gasteiger partial charge in [-0.25, -0.2) is 4.79 Å². The van der Waals surface area contributed by atoms with E-state index >= 15 is 0 Å². The number of anilines is 1. The minimum atomic E-state index is -0.379. The highest BCUT2D eigenvalue weighted by Crippen LogP contribution is 2.17. The van der Waals surface area contributed by atoms with E-state index in [2.05, 4.69) is 10.6 Å². The first-order valence-corrected chi connectivity index (χ1v) is 8.37. The minimum absolute atomic E-state index is 0.179. The number of carbonyl (C=O) groups excluding carboxylic acids is 3. The van der Waals surface area contributed by atoms with E-state index in [1.54, 1.807) is 12.1 Å². The van der Waals surface area contributed by atoms with Gasteiger partial charge in [0.05, 0.1) is 5.75 Å². The first-order chi connectivity index (χ1) is 11.6. The second-order valence-electron chi connectivity index (χ2n) is 5.12. The number of thioether (sulfide) groups is 1. The molecule has 0 atom stereocenters. The van der Waals surface area contributed by atoms with Crippen molar-refractivity contribution in [2.45, 2.75) is 0 Å². The SMILES string of the molecule is O=C(NCCN1C(=O)CSC1=O)Nc1ccc(-n2cccc2)cc1. The second-order valence-corrected chi connectivity index (χ2v) is 6.04. The molecule has 2 N–H and O–H groups in total. The molecule has 1 saturated heterocycles. The molecule has 1 aromatic heterocycles. The first-order valence-electron chi connectivity index (χ1n) is 7.39. The van der Waals surface area contributed by atoms with Crippen molar-refractivity contribution in [2.75, 3.05) is 24.2 Å². The Morgan fingerprint density at radius 2 is 1.83 bits per heavy atom. The van der Waals surface area contributed by atoms with E-state index in [1.165, 1.54) is 0 Å². The lowest BCUT2D eigenvalue weighted by atomic mass is 10.3. The normalized spacial score (nSPS) is 14.1. The van der Waals surface area contributed by atoms with E-state index in [4.69, 9.17) is 0 Å². The molecule has 0 radical (unpaired) electrons. The lowest BCUT2D eigenvalue weighted by Crippen LogP contribution is -2.39. The summed E-state index contributed by atoms with van der Waals surface area (Å²) in [5.41, 5.74) is 1.65. The smallest absolute Gasteiger partial charge is 0.319 e. The summed E-state index contributed by atoms with van der Waals surface area (Å²) in [6.45, 7) is 0.399. The molecule has 0 saturated carbocycles. The third kappa shape index (κ3) is 3.77. The van der Waals surface area contributed by atoms with Crippen LogP contribution in [0.15, 0.2) is 48.8 Å². The summed E-state index contributed by atoms with van der Waals surface area (Å²) in [5.74, 6) is -0.0357. The van der Waals surface area contributed by atoms with Gasteiger partial charge in [-0.1, -0.05) is 11.8 Å². The largest absolute Gasteiger partial charge is 0.336 e. The van der Waals surface area contributed by atoms with Gasteiger partial charge in [-0.2, -0.15) is 0 Å². The first kappa shape index (κ1) is 16.1. The molecular weight excluding hydrogens is 328 g/mol. The van der Waals surface area contributed by atoms with Gasteiger partial charge in [0.1, 0.15) is 0 Å². The number of nitrogens with zero attached hydrogens (tertiary/aromatic N) is 2. The highest BCUT2D eigenvalue weighted by atomic mass is 32.2. The summed E-state index contributed by atoms with van der Waals surface area (Å²) < 4.78 is 1.96. The molecule has 4 amide bonds. The van der Waals surface area contributed by atoms with Crippen LogP contribution in [0.1, 0.15) is 0 Å². The monoisotopic (exact) mass is 344 g/mol. The molecule has 2 aromatic rings. The lowest BCUT2D eigenvalue weighted by molar-refractivity contribution is -0.124. The van der Waals surface area contributed by atoms with Crippen LogP contribution >= 0.6 is 11.8 Å². The van der Waals surface area contributed by atoms with Crippen molar-refractivity contribution < 1.29 is 14.4 Å². The van der Waals surface area contributed by atoms with Gasteiger partial charge in [-0.15, -0.1) is 0 Å². The molecule has 1 aliphatic rings. The van der Waals surface area contributed by atoms with E-state index in [0.29, 0.717) is 5.69 Å². The van der Waals surface area contributed by atoms with E-state index in [0.717, 1.165) is 22.3 Å². The molecule has 0 unspecified atom stereocenters. The van der Waals surface area contributed by atoms with Gasteiger partial charge < -0.3 is 15.2 Å². The highest BCUT2D eigenvalue weighted by Gasteiger charge is 2.29. The van der Waals surface area contributed by atoms with Crippen molar-refractivity contribution in [1.82, 2.24) is 14.8 Å². The molecule has 3 rings (SSSR count). The van der Waals surface area contributed by atoms with Crippen LogP contribution in [0.3, 0.4) is 0 Å². The topological polar surface area (TPSA) is 83.4 Å². The number of urea groups is 1. The van der Waals surface area contributed by atoms with Crippen LogP contribution in [-0.4, -0.2) is 45.5 Å². The maximum atomic E-state index is 11.8. The Labute approximate surface area is 143 Å². The summed E-state index contributed by atoms with van der Waals surface area (Å²) in [6.07, 6.45) is 3.88. The van der Waals surface area contributed by atoms with Crippen molar-refractivity contribution in [3.05, 3.63) is 48.8 Å². The zero-order chi connectivity index (χ0) is 16.9. The minimum Gasteiger partial charge on any atom is -0.336 e. The van der Waals surface area contributed by atoms with Crippen LogP contribution < -0.4 is 10.6 Å². The molecule has 124 valence electrons. The van der Waals surface area contributed by atoms with E-state index in [9.17, 15) is 14.4 Å². The van der Waals surface area contributed by atoms with Crippen LogP contribution in [-0.2, 0) is 4.79 Å². The van der Waals surface area contributed by atoms with Gasteiger partial charge in [-0.3, -0.25) is 14.5 Å². The van der Waals surface area contributed by atoms with E-state index in [1.807, 2.05) is 41.2 Å². The fourth-order valence-electron chi connectivity index (χ4n) is 2.28. The Morgan fingerprint density at radius 3 is 2.46 bits per heavy atom. The fraction of sp³-hybridized carbons (Fsp3) is 0.188. The molecule has 7 nitrogen and oxygen atoms in total. The molecule has 8 heteroatoms. The average molecular weight is 344 g/mol. The molecule has 1 aliphatic heterocycles. The quantitative estimate of drug-likeness (QED) is 0.872. The number of hydrogen-bond acceptors (Lipinski definition) is 4. The summed E-state index contributed by atoms with van der Waals surface area (Å²) in [7, 11) is 0. The predicted octanol–water partition coefficient (Wildman–Crippen LogP) is 2.29. The maximum Gasteiger partial charge on any atom is 0.319 e. The Balaban J connectivity index is 1.46. The molecule has 1 fully saturated rings. The van der Waals surface area contributed by atoms with Gasteiger partial charge in [0.25, 0.3) is 5.24 Å². The average Bonchev–Trinajstić information content (AvgIpc) is 3.21. The molecular formula is C16H16N4O3S. The summed E-state index contributed by atoms with van der Waals surface area (Å²) in [4.78, 5) is 35.8. The summed E-state index contributed by atoms with van der Waals surface area (Å²) >= 11 is 0.982. The number of amides is 4. The fourth-order valence-corrected chi connectivity index (χ4v) is 3.03. The Kier molecular flexibility index (Phi) is 4.85. The third-order valence-electron chi connectivity index (χ3n) is 3.49. The van der Waals surface area contributed by atoms with Crippen LogP contribution in [0.2, 0.25) is 0 Å². The number of imide groups is 1. The van der Waals surface area contributed by atoms with Gasteiger partial charge in [-0.05, 0) is 36.4 Å². The number of hydrogen-bond donors (Lipinski definition) is 2. The number of aromatic nitrogens is 1. The zero-order valence-electron chi connectivity index (χ0n) is 12.8. The van der Waals surface area contributed by atoms with Crippen LogP contribution in [0.25, 0.3) is 5.69 Å². The molecule has 0 spiro atoms. The molecule has 1 aromatic carbocycles. The van der Waals surface area contributed by atoms with Crippen molar-refractivity contribution in [2.24, 2.45) is 0 Å². The van der Waals surface area contributed by atoms with E-state index in [-0.39, 0.29) is 36.0 Å². The van der Waals surface area contributed by atoms with Gasteiger partial charge in [0, 0.05) is 36.9 Å². The molecule has 0 aliphatic carbocycles. The van der Waals surface area contributed by atoms with Crippen molar-refractivity contribution >= 4 is 34.6 Å². The number of benzene rings is 1. The Hall–Kier alpha value is -2.74. The molecule has 24 heavy (non-hydrogen) atoms. The van der Waals surface area contributed by atoms with Crippen LogP contribution in [0.5, 0.6) is 0 Å². The number of nitrogens with one attached hydrogen (secondary N) is 2. The Bertz CT molecular complexity index is 727. The highest BCUT2D eigenvalue weighted by molar-refractivity contribution is 8.14. The predicted molar refractivity (Wildman–Crippen MR) is 92.4 cm³/mol. The molecule has 2 heterocycles. The number of rotatable bonds is 5. The number of carbonyl (C=O) groups is 3. The third-order valence-corrected chi connectivity index (χ3v) is 4.35. The Morgan fingerprint density at radius 1 is 1.12 bits per heavy atom. The van der Waals surface area contributed by atoms with Gasteiger partial charge >= 0.3 is 6.03 Å². The van der Waals surface area contributed by atoms with Gasteiger partial charge in [0.2, 0.25) is 5.91 Å². The van der Waals surface area contributed by atoms with E-state index < -0.39 is 0 Å². The summed E-state index contributed by atoms with van der Waals surface area (Å²) in [6, 6.07) is 10.9. The van der Waals surface area contributed by atoms with Crippen molar-refractivity contribution in [1.29, 1.82) is 0 Å². The van der Waals surface area contributed by atoms with Crippen molar-refractivity contribution in [3.63, 3.8) is 0 Å². The zero-order valence-corrected chi connectivity index (χ0v) is 13.6. The van der Waals surface area contributed by atoms with Crippen molar-refractivity contribution in [3.8, 4) is 5.69 Å². The van der Waals surface area contributed by atoms with Gasteiger partial charge in [0.15, 0.2) is 0 Å². The lowest BCUT2D eigenvalue weighted by Gasteiger charge is -2.13.